The van der Waals surface area contributed by atoms with Crippen LogP contribution in [0.1, 0.15) is 24.0 Å². The molecule has 0 saturated heterocycles. The Morgan fingerprint density at radius 1 is 0.833 bits per heavy atom. The summed E-state index contributed by atoms with van der Waals surface area (Å²) in [6.07, 6.45) is 0. The highest BCUT2D eigenvalue weighted by molar-refractivity contribution is 5.87. The van der Waals surface area contributed by atoms with Crippen molar-refractivity contribution in [3.8, 4) is 11.5 Å². The summed E-state index contributed by atoms with van der Waals surface area (Å²) in [5.41, 5.74) is 1.65. The quantitative estimate of drug-likeness (QED) is 0.870. The highest BCUT2D eigenvalue weighted by Crippen LogP contribution is 2.28. The lowest BCUT2D eigenvalue weighted by Gasteiger charge is -2.15. The lowest BCUT2D eigenvalue weighted by Crippen LogP contribution is -2.10. The molecule has 0 aliphatic carbocycles. The minimum Gasteiger partial charge on any atom is -0.508 e. The first-order chi connectivity index (χ1) is 8.58. The Kier molecular flexibility index (Phi) is 3.33. The van der Waals surface area contributed by atoms with Gasteiger partial charge in [-0.05, 0) is 42.3 Å². The minimum absolute atomic E-state index is 0.0198. The second-order valence-corrected chi connectivity index (χ2v) is 4.23. The number of phenols is 2. The summed E-state index contributed by atoms with van der Waals surface area (Å²) in [5.74, 6) is -0.00361. The van der Waals surface area contributed by atoms with Gasteiger partial charge in [0.25, 0.3) is 0 Å². The summed E-state index contributed by atoms with van der Waals surface area (Å²) in [6, 6.07) is 13.2. The van der Waals surface area contributed by atoms with Crippen LogP contribution in [0.2, 0.25) is 0 Å². The first kappa shape index (κ1) is 12.2. The number of hydrogen-bond donors (Lipinski definition) is 2. The maximum Gasteiger partial charge on any atom is 0.141 e. The van der Waals surface area contributed by atoms with E-state index in [1.54, 1.807) is 48.5 Å². The Labute approximate surface area is 105 Å². The van der Waals surface area contributed by atoms with E-state index in [0.717, 1.165) is 11.1 Å². The van der Waals surface area contributed by atoms with Gasteiger partial charge in [0.1, 0.15) is 17.3 Å². The molecule has 2 aromatic carbocycles. The van der Waals surface area contributed by atoms with E-state index >= 15 is 0 Å². The van der Waals surface area contributed by atoms with Gasteiger partial charge in [-0.1, -0.05) is 24.3 Å². The molecule has 0 aliphatic rings. The molecule has 2 aromatic rings. The number of aromatic hydroxyl groups is 2. The fraction of sp³-hybridized carbons (Fsp3) is 0.133. The summed E-state index contributed by atoms with van der Waals surface area (Å²) in [6.45, 7) is 1.53. The normalized spacial score (nSPS) is 10.6. The Morgan fingerprint density at radius 2 is 1.17 bits per heavy atom. The van der Waals surface area contributed by atoms with Crippen LogP contribution in [0.3, 0.4) is 0 Å². The molecule has 0 amide bonds. The third kappa shape index (κ3) is 2.51. The van der Waals surface area contributed by atoms with Gasteiger partial charge in [-0.25, -0.2) is 0 Å². The van der Waals surface area contributed by atoms with Crippen LogP contribution in [0.25, 0.3) is 0 Å². The third-order valence-corrected chi connectivity index (χ3v) is 2.86. The van der Waals surface area contributed by atoms with Crippen LogP contribution >= 0.6 is 0 Å². The Hall–Kier alpha value is -2.29. The molecular weight excluding hydrogens is 228 g/mol. The van der Waals surface area contributed by atoms with Gasteiger partial charge in [-0.3, -0.25) is 4.79 Å². The summed E-state index contributed by atoms with van der Waals surface area (Å²) in [4.78, 5) is 11.8. The molecule has 0 unspecified atom stereocenters. The van der Waals surface area contributed by atoms with Crippen molar-refractivity contribution >= 4 is 5.78 Å². The molecule has 0 spiro atoms. The van der Waals surface area contributed by atoms with Crippen LogP contribution in [0.4, 0.5) is 0 Å². The molecule has 18 heavy (non-hydrogen) atoms. The van der Waals surface area contributed by atoms with Gasteiger partial charge in [-0.2, -0.15) is 0 Å². The number of Topliss-reactive ketones (excluding diaryl/α,β-unsaturated/α-hetero) is 1. The van der Waals surface area contributed by atoms with Crippen molar-refractivity contribution in [3.05, 3.63) is 59.7 Å². The molecule has 0 aromatic heterocycles. The van der Waals surface area contributed by atoms with E-state index in [4.69, 9.17) is 0 Å². The lowest BCUT2D eigenvalue weighted by atomic mass is 9.88. The van der Waals surface area contributed by atoms with Gasteiger partial charge in [0.15, 0.2) is 0 Å². The van der Waals surface area contributed by atoms with Crippen LogP contribution in [-0.4, -0.2) is 16.0 Å². The van der Waals surface area contributed by atoms with Crippen LogP contribution in [0.15, 0.2) is 48.5 Å². The summed E-state index contributed by atoms with van der Waals surface area (Å²) < 4.78 is 0. The number of ketones is 1. The summed E-state index contributed by atoms with van der Waals surface area (Å²) in [7, 11) is 0. The molecule has 0 heterocycles. The van der Waals surface area contributed by atoms with Crippen molar-refractivity contribution in [2.45, 2.75) is 12.8 Å². The van der Waals surface area contributed by atoms with Gasteiger partial charge >= 0.3 is 0 Å². The van der Waals surface area contributed by atoms with Crippen LogP contribution in [0.5, 0.6) is 11.5 Å². The van der Waals surface area contributed by atoms with Crippen molar-refractivity contribution in [2.75, 3.05) is 0 Å². The Morgan fingerprint density at radius 3 is 1.44 bits per heavy atom. The fourth-order valence-electron chi connectivity index (χ4n) is 2.00. The molecule has 3 nitrogen and oxygen atoms in total. The second kappa shape index (κ2) is 4.92. The highest BCUT2D eigenvalue weighted by atomic mass is 16.3. The zero-order valence-corrected chi connectivity index (χ0v) is 10.00. The van der Waals surface area contributed by atoms with E-state index in [1.165, 1.54) is 6.92 Å². The van der Waals surface area contributed by atoms with E-state index in [2.05, 4.69) is 0 Å². The summed E-state index contributed by atoms with van der Waals surface area (Å²) in [5, 5.41) is 18.5. The van der Waals surface area contributed by atoms with E-state index in [0.29, 0.717) is 0 Å². The number of benzene rings is 2. The van der Waals surface area contributed by atoms with E-state index in [1.807, 2.05) is 0 Å². The van der Waals surface area contributed by atoms with Crippen molar-refractivity contribution in [1.82, 2.24) is 0 Å². The van der Waals surface area contributed by atoms with Gasteiger partial charge in [-0.15, -0.1) is 0 Å². The molecule has 2 rings (SSSR count). The van der Waals surface area contributed by atoms with E-state index in [9.17, 15) is 15.0 Å². The molecular formula is C15H14O3. The number of carbonyl (C=O) groups excluding carboxylic acids is 1. The molecule has 2 N–H and O–H groups in total. The Balaban J connectivity index is 2.43. The van der Waals surface area contributed by atoms with Gasteiger partial charge in [0, 0.05) is 0 Å². The second-order valence-electron chi connectivity index (χ2n) is 4.23. The molecule has 0 radical (unpaired) electrons. The molecule has 3 heteroatoms. The standard InChI is InChI=1S/C15H14O3/c1-10(16)15(11-2-6-13(17)7-3-11)12-4-8-14(18)9-5-12/h2-9,15,17-18H,1H3. The zero-order chi connectivity index (χ0) is 13.1. The number of phenolic OH excluding ortho intramolecular Hbond substituents is 2. The zero-order valence-electron chi connectivity index (χ0n) is 10.00. The van der Waals surface area contributed by atoms with Crippen molar-refractivity contribution < 1.29 is 15.0 Å². The molecule has 92 valence electrons. The van der Waals surface area contributed by atoms with Crippen molar-refractivity contribution in [3.63, 3.8) is 0 Å². The molecule has 0 saturated carbocycles. The van der Waals surface area contributed by atoms with Crippen LogP contribution in [-0.2, 0) is 4.79 Å². The van der Waals surface area contributed by atoms with Gasteiger partial charge in [0.2, 0.25) is 0 Å². The third-order valence-electron chi connectivity index (χ3n) is 2.86. The smallest absolute Gasteiger partial charge is 0.141 e. The lowest BCUT2D eigenvalue weighted by molar-refractivity contribution is -0.117. The largest absolute Gasteiger partial charge is 0.508 e. The molecule has 0 aliphatic heterocycles. The monoisotopic (exact) mass is 242 g/mol. The first-order valence-corrected chi connectivity index (χ1v) is 5.66. The van der Waals surface area contributed by atoms with Crippen molar-refractivity contribution in [1.29, 1.82) is 0 Å². The number of hydrogen-bond acceptors (Lipinski definition) is 3. The maximum atomic E-state index is 11.8. The SMILES string of the molecule is CC(=O)C(c1ccc(O)cc1)c1ccc(O)cc1. The summed E-state index contributed by atoms with van der Waals surface area (Å²) >= 11 is 0. The molecule has 0 atom stereocenters. The van der Waals surface area contributed by atoms with E-state index in [-0.39, 0.29) is 23.2 Å². The average molecular weight is 242 g/mol. The average Bonchev–Trinajstić information content (AvgIpc) is 2.34. The number of rotatable bonds is 3. The van der Waals surface area contributed by atoms with Crippen molar-refractivity contribution in [2.24, 2.45) is 0 Å². The minimum atomic E-state index is -0.369. The van der Waals surface area contributed by atoms with Gasteiger partial charge < -0.3 is 10.2 Å². The molecule has 0 fully saturated rings. The van der Waals surface area contributed by atoms with E-state index < -0.39 is 0 Å². The van der Waals surface area contributed by atoms with Crippen LogP contribution in [0, 0.1) is 0 Å². The predicted octanol–water partition coefficient (Wildman–Crippen LogP) is 2.82. The number of carbonyl (C=O) groups is 1. The predicted molar refractivity (Wildman–Crippen MR) is 68.7 cm³/mol. The van der Waals surface area contributed by atoms with Gasteiger partial charge in [0.05, 0.1) is 5.92 Å². The fourth-order valence-corrected chi connectivity index (χ4v) is 2.00. The van der Waals surface area contributed by atoms with Crippen LogP contribution < -0.4 is 0 Å². The first-order valence-electron chi connectivity index (χ1n) is 5.66. The Bertz CT molecular complexity index is 495. The topological polar surface area (TPSA) is 57.5 Å². The maximum absolute atomic E-state index is 11.8. The highest BCUT2D eigenvalue weighted by Gasteiger charge is 2.18. The molecule has 0 bridgehead atoms.